The maximum atomic E-state index is 14.2. The second kappa shape index (κ2) is 7.85. The van der Waals surface area contributed by atoms with Crippen molar-refractivity contribution in [1.82, 2.24) is 9.55 Å². The van der Waals surface area contributed by atoms with E-state index in [0.29, 0.717) is 10.1 Å². The number of nitrogens with one attached hydrogen (secondary N) is 2. The molecule has 0 aliphatic carbocycles. The van der Waals surface area contributed by atoms with Crippen molar-refractivity contribution in [2.45, 2.75) is 24.3 Å². The van der Waals surface area contributed by atoms with Gasteiger partial charge in [-0.1, -0.05) is 30.3 Å². The third-order valence-electron chi connectivity index (χ3n) is 5.16. The van der Waals surface area contributed by atoms with E-state index < -0.39 is 58.6 Å². The minimum Gasteiger partial charge on any atom is -0.329 e. The van der Waals surface area contributed by atoms with Crippen molar-refractivity contribution in [2.75, 3.05) is 5.32 Å². The molecule has 0 radical (unpaired) electrons. The first-order valence-corrected chi connectivity index (χ1v) is 9.54. The first kappa shape index (κ1) is 23.3. The summed E-state index contributed by atoms with van der Waals surface area (Å²) in [5.41, 5.74) is -10.0. The molecule has 0 unspecified atom stereocenters. The number of nitrogens with zero attached hydrogens (tertiary/aromatic N) is 2. The van der Waals surface area contributed by atoms with E-state index in [1.807, 2.05) is 0 Å². The van der Waals surface area contributed by atoms with Crippen LogP contribution in [0.5, 0.6) is 0 Å². The molecule has 0 spiro atoms. The summed E-state index contributed by atoms with van der Waals surface area (Å²) in [5, 5.41) is 2.31. The molecule has 0 fully saturated rings. The van der Waals surface area contributed by atoms with E-state index in [-0.39, 0.29) is 5.69 Å². The standard InChI is InChI=1S/C21H13F7N4O2/c22-12-6-8-13(9-7-12)32-16-15(17(33)30-18(32)34)19(20(23,24)25,21(26,27)28)31-14(29-16)10-11-4-2-1-3-5-11/h1-9H,10H2,(H,29,31)(H,30,33,34). The van der Waals surface area contributed by atoms with Crippen molar-refractivity contribution < 1.29 is 30.7 Å². The highest BCUT2D eigenvalue weighted by Gasteiger charge is 2.75. The van der Waals surface area contributed by atoms with Gasteiger partial charge in [-0.25, -0.2) is 18.7 Å². The molecule has 6 nitrogen and oxygen atoms in total. The number of halogens is 7. The average molecular weight is 486 g/mol. The van der Waals surface area contributed by atoms with Crippen LogP contribution in [-0.4, -0.2) is 27.7 Å². The molecule has 0 bridgehead atoms. The lowest BCUT2D eigenvalue weighted by atomic mass is 9.87. The van der Waals surface area contributed by atoms with Crippen molar-refractivity contribution in [3.05, 3.63) is 92.4 Å². The summed E-state index contributed by atoms with van der Waals surface area (Å²) in [6, 6.07) is 11.2. The first-order valence-electron chi connectivity index (χ1n) is 9.54. The number of aromatic amines is 1. The van der Waals surface area contributed by atoms with Crippen molar-refractivity contribution in [3.8, 4) is 5.69 Å². The van der Waals surface area contributed by atoms with Gasteiger partial charge in [0.15, 0.2) is 0 Å². The van der Waals surface area contributed by atoms with Crippen molar-refractivity contribution in [2.24, 2.45) is 4.99 Å². The first-order chi connectivity index (χ1) is 15.8. The molecule has 1 aromatic heterocycles. The minimum atomic E-state index is -6.11. The molecule has 3 aromatic rings. The Morgan fingerprint density at radius 1 is 0.882 bits per heavy atom. The van der Waals surface area contributed by atoms with Crippen LogP contribution >= 0.6 is 0 Å². The van der Waals surface area contributed by atoms with Gasteiger partial charge in [0.05, 0.1) is 5.69 Å². The van der Waals surface area contributed by atoms with Crippen molar-refractivity contribution >= 4 is 11.7 Å². The van der Waals surface area contributed by atoms with Crippen LogP contribution in [0.1, 0.15) is 11.1 Å². The van der Waals surface area contributed by atoms with Gasteiger partial charge in [0.2, 0.25) is 0 Å². The Morgan fingerprint density at radius 2 is 1.47 bits per heavy atom. The van der Waals surface area contributed by atoms with Crippen LogP contribution in [0.25, 0.3) is 5.69 Å². The summed E-state index contributed by atoms with van der Waals surface area (Å²) >= 11 is 0. The third kappa shape index (κ3) is 3.66. The number of fused-ring (bicyclic) bond motifs is 1. The fourth-order valence-electron chi connectivity index (χ4n) is 3.69. The number of rotatable bonds is 3. The molecule has 13 heteroatoms. The molecule has 0 saturated heterocycles. The molecule has 2 N–H and O–H groups in total. The van der Waals surface area contributed by atoms with Crippen molar-refractivity contribution in [3.63, 3.8) is 0 Å². The lowest BCUT2D eigenvalue weighted by molar-refractivity contribution is -0.301. The maximum absolute atomic E-state index is 14.2. The Bertz CT molecular complexity index is 1360. The van der Waals surface area contributed by atoms with E-state index in [1.165, 1.54) is 29.2 Å². The lowest BCUT2D eigenvalue weighted by Crippen LogP contribution is -2.59. The Hall–Kier alpha value is -3.90. The van der Waals surface area contributed by atoms with Crippen LogP contribution in [0, 0.1) is 5.82 Å². The molecule has 0 atom stereocenters. The number of H-pyrrole nitrogens is 1. The van der Waals surface area contributed by atoms with Crippen LogP contribution in [0.4, 0.5) is 36.6 Å². The number of aromatic nitrogens is 2. The monoisotopic (exact) mass is 486 g/mol. The quantitative estimate of drug-likeness (QED) is 0.549. The van der Waals surface area contributed by atoms with E-state index in [1.54, 1.807) is 6.07 Å². The minimum absolute atomic E-state index is 0.286. The van der Waals surface area contributed by atoms with Gasteiger partial charge in [0.1, 0.15) is 23.0 Å². The van der Waals surface area contributed by atoms with Crippen LogP contribution in [-0.2, 0) is 12.0 Å². The molecule has 4 rings (SSSR count). The second-order valence-corrected chi connectivity index (χ2v) is 7.35. The molecular weight excluding hydrogens is 473 g/mol. The van der Waals surface area contributed by atoms with Gasteiger partial charge in [-0.2, -0.15) is 26.3 Å². The second-order valence-electron chi connectivity index (χ2n) is 7.35. The molecule has 2 heterocycles. The zero-order valence-electron chi connectivity index (χ0n) is 16.8. The topological polar surface area (TPSA) is 79.2 Å². The highest BCUT2D eigenvalue weighted by molar-refractivity contribution is 5.99. The fourth-order valence-corrected chi connectivity index (χ4v) is 3.69. The average Bonchev–Trinajstić information content (AvgIpc) is 2.73. The van der Waals surface area contributed by atoms with Gasteiger partial charge in [-0.3, -0.25) is 9.78 Å². The van der Waals surface area contributed by atoms with Crippen LogP contribution in [0.15, 0.2) is 69.2 Å². The molecule has 178 valence electrons. The van der Waals surface area contributed by atoms with E-state index in [0.717, 1.165) is 24.3 Å². The number of hydrogen-bond acceptors (Lipinski definition) is 4. The highest BCUT2D eigenvalue weighted by atomic mass is 19.4. The predicted octanol–water partition coefficient (Wildman–Crippen LogP) is 4.05. The summed E-state index contributed by atoms with van der Waals surface area (Å²) in [5.74, 6) is -2.63. The van der Waals surface area contributed by atoms with Gasteiger partial charge >= 0.3 is 18.0 Å². The fraction of sp³-hybridized carbons (Fsp3) is 0.190. The van der Waals surface area contributed by atoms with Crippen LogP contribution < -0.4 is 16.6 Å². The Kier molecular flexibility index (Phi) is 5.37. The molecule has 0 amide bonds. The van der Waals surface area contributed by atoms with E-state index in [9.17, 15) is 40.3 Å². The Labute approximate surface area is 185 Å². The van der Waals surface area contributed by atoms with Gasteiger partial charge in [-0.15, -0.1) is 0 Å². The highest BCUT2D eigenvalue weighted by Crippen LogP contribution is 2.55. The van der Waals surface area contributed by atoms with E-state index in [2.05, 4.69) is 10.3 Å². The molecule has 1 aliphatic heterocycles. The predicted molar refractivity (Wildman–Crippen MR) is 108 cm³/mol. The number of amidine groups is 1. The van der Waals surface area contributed by atoms with Crippen LogP contribution in [0.2, 0.25) is 0 Å². The largest absolute Gasteiger partial charge is 0.427 e. The van der Waals surface area contributed by atoms with Gasteiger partial charge in [-0.05, 0) is 29.8 Å². The molecule has 0 saturated carbocycles. The zero-order chi connectivity index (χ0) is 24.9. The SMILES string of the molecule is O=c1[nH]c(=O)n(-c2ccc(F)cc2)c2c1C(C(F)(F)F)(C(F)(F)F)N=C(Cc1ccccc1)N2. The number of alkyl halides is 6. The number of hydrogen-bond donors (Lipinski definition) is 2. The maximum Gasteiger partial charge on any atom is 0.427 e. The smallest absolute Gasteiger partial charge is 0.329 e. The lowest BCUT2D eigenvalue weighted by Gasteiger charge is -2.38. The van der Waals surface area contributed by atoms with Crippen LogP contribution in [0.3, 0.4) is 0 Å². The number of benzene rings is 2. The summed E-state index contributed by atoms with van der Waals surface area (Å²) in [7, 11) is 0. The summed E-state index contributed by atoms with van der Waals surface area (Å²) < 4.78 is 99.0. The third-order valence-corrected chi connectivity index (χ3v) is 5.16. The Morgan fingerprint density at radius 3 is 2.03 bits per heavy atom. The molecule has 2 aromatic carbocycles. The summed E-state index contributed by atoms with van der Waals surface area (Å²) in [6.07, 6.45) is -12.7. The summed E-state index contributed by atoms with van der Waals surface area (Å²) in [4.78, 5) is 29.5. The molecule has 1 aliphatic rings. The molecule has 34 heavy (non-hydrogen) atoms. The van der Waals surface area contributed by atoms with Gasteiger partial charge in [0, 0.05) is 6.42 Å². The zero-order valence-corrected chi connectivity index (χ0v) is 16.8. The number of aliphatic imine (C=N–C) groups is 1. The number of anilines is 1. The normalized spacial score (nSPS) is 15.3. The van der Waals surface area contributed by atoms with E-state index in [4.69, 9.17) is 0 Å². The van der Waals surface area contributed by atoms with Crippen molar-refractivity contribution in [1.29, 1.82) is 0 Å². The van der Waals surface area contributed by atoms with Gasteiger partial charge < -0.3 is 5.32 Å². The Balaban J connectivity index is 2.09. The van der Waals surface area contributed by atoms with E-state index >= 15 is 0 Å². The summed E-state index contributed by atoms with van der Waals surface area (Å²) in [6.45, 7) is 0. The molecular formula is C21H13F7N4O2. The van der Waals surface area contributed by atoms with Gasteiger partial charge in [0.25, 0.3) is 11.1 Å².